The second kappa shape index (κ2) is 12.5. The quantitative estimate of drug-likeness (QED) is 0.250. The highest BCUT2D eigenvalue weighted by Gasteiger charge is 2.44. The third kappa shape index (κ3) is 6.22. The molecule has 0 radical (unpaired) electrons. The van der Waals surface area contributed by atoms with Gasteiger partial charge in [0.15, 0.2) is 5.78 Å². The fraction of sp³-hybridized carbons (Fsp3) is 0.242. The van der Waals surface area contributed by atoms with E-state index in [1.165, 1.54) is 15.9 Å². The van der Waals surface area contributed by atoms with Crippen LogP contribution in [0.1, 0.15) is 34.1 Å². The van der Waals surface area contributed by atoms with Crippen LogP contribution in [-0.2, 0) is 4.79 Å². The fourth-order valence-corrected chi connectivity index (χ4v) is 9.43. The van der Waals surface area contributed by atoms with Gasteiger partial charge < -0.3 is 29.1 Å². The maximum absolute atomic E-state index is 12.4. The molecule has 0 saturated carbocycles. The van der Waals surface area contributed by atoms with Crippen molar-refractivity contribution in [2.45, 2.75) is 40.2 Å². The molecule has 0 aliphatic heterocycles. The Hall–Kier alpha value is -2.33. The lowest BCUT2D eigenvalue weighted by atomic mass is 9.71. The Kier molecular flexibility index (Phi) is 9.86. The summed E-state index contributed by atoms with van der Waals surface area (Å²) in [5.41, 5.74) is 2.60. The zero-order chi connectivity index (χ0) is 25.8. The number of rotatable bonds is 7. The van der Waals surface area contributed by atoms with Crippen LogP contribution in [0.5, 0.6) is 0 Å². The lowest BCUT2D eigenvalue weighted by Gasteiger charge is -2.34. The molecule has 2 nitrogen and oxygen atoms in total. The van der Waals surface area contributed by atoms with Crippen molar-refractivity contribution in [1.29, 1.82) is 0 Å². The minimum atomic E-state index is -1.93. The molecule has 0 fully saturated rings. The number of aliphatic hydroxyl groups excluding tert-OH is 1. The molecule has 1 N–H and O–H groups in total. The zero-order valence-electron chi connectivity index (χ0n) is 22.1. The number of ketones is 1. The Morgan fingerprint density at radius 1 is 0.892 bits per heavy atom. The first kappa shape index (κ1) is 29.2. The maximum Gasteiger partial charge on any atom is 0.187 e. The standard InChI is InChI=1S/C33H36O2P.HI/c1-25(20-21-30-26(2)32(35)31(34)24-33(30,3)4)22-23-36(27-14-8-5-9-15-27,28-16-10-6-11-17-28)29-18-12-7-13-19-29;/h5-22,31,34H,23-24H2,1-4H3;1H/q+1;/p-1. The molecule has 3 aromatic carbocycles. The molecule has 0 heterocycles. The summed E-state index contributed by atoms with van der Waals surface area (Å²) in [5, 5.41) is 14.3. The van der Waals surface area contributed by atoms with E-state index in [2.05, 4.69) is 130 Å². The summed E-state index contributed by atoms with van der Waals surface area (Å²) in [4.78, 5) is 12.4. The first-order chi connectivity index (χ1) is 17.3. The topological polar surface area (TPSA) is 37.3 Å². The van der Waals surface area contributed by atoms with E-state index < -0.39 is 13.4 Å². The molecular weight excluding hydrogens is 586 g/mol. The lowest BCUT2D eigenvalue weighted by molar-refractivity contribution is -0.125. The van der Waals surface area contributed by atoms with Gasteiger partial charge in [0.05, 0.1) is 6.16 Å². The number of Topliss-reactive ketones (excluding diaryl/α,β-unsaturated/α-hetero) is 1. The molecular formula is C33H36IO2P. The van der Waals surface area contributed by atoms with Crippen LogP contribution in [0.25, 0.3) is 0 Å². The van der Waals surface area contributed by atoms with Crippen molar-refractivity contribution in [2.75, 3.05) is 6.16 Å². The van der Waals surface area contributed by atoms with Crippen molar-refractivity contribution >= 4 is 29.0 Å². The van der Waals surface area contributed by atoms with E-state index in [0.29, 0.717) is 12.0 Å². The zero-order valence-corrected chi connectivity index (χ0v) is 25.1. The van der Waals surface area contributed by atoms with Gasteiger partial charge in [-0.15, -0.1) is 0 Å². The summed E-state index contributed by atoms with van der Waals surface area (Å²) in [6, 6.07) is 32.7. The van der Waals surface area contributed by atoms with Crippen LogP contribution in [0.4, 0.5) is 0 Å². The molecule has 1 unspecified atom stereocenters. The Labute approximate surface area is 239 Å². The van der Waals surface area contributed by atoms with Gasteiger partial charge in [0.1, 0.15) is 29.3 Å². The predicted octanol–water partition coefficient (Wildman–Crippen LogP) is 3.16. The summed E-state index contributed by atoms with van der Waals surface area (Å²) in [5.74, 6) is -0.155. The van der Waals surface area contributed by atoms with Crippen molar-refractivity contribution in [3.8, 4) is 0 Å². The second-order valence-corrected chi connectivity index (χ2v) is 13.8. The summed E-state index contributed by atoms with van der Waals surface area (Å²) in [7, 11) is -1.93. The van der Waals surface area contributed by atoms with Crippen LogP contribution in [0.15, 0.2) is 126 Å². The summed E-state index contributed by atoms with van der Waals surface area (Å²) >= 11 is 0. The molecule has 0 bridgehead atoms. The molecule has 3 aromatic rings. The van der Waals surface area contributed by atoms with Crippen molar-refractivity contribution in [2.24, 2.45) is 5.41 Å². The average Bonchev–Trinajstić information content (AvgIpc) is 2.89. The minimum Gasteiger partial charge on any atom is -1.00 e. The third-order valence-corrected chi connectivity index (χ3v) is 11.6. The lowest BCUT2D eigenvalue weighted by Crippen LogP contribution is -3.00. The number of carbonyl (C=O) groups excluding carboxylic acids is 1. The fourth-order valence-electron chi connectivity index (χ4n) is 5.30. The van der Waals surface area contributed by atoms with Gasteiger partial charge in [0, 0.05) is 0 Å². The van der Waals surface area contributed by atoms with Gasteiger partial charge >= 0.3 is 0 Å². The SMILES string of the molecule is CC(C=CC1=C(C)C(=O)C(O)CC1(C)C)=CC[P+](c1ccccc1)(c1ccccc1)c1ccccc1.[I-]. The van der Waals surface area contributed by atoms with E-state index in [1.807, 2.05) is 6.92 Å². The van der Waals surface area contributed by atoms with Gasteiger partial charge in [-0.2, -0.15) is 0 Å². The van der Waals surface area contributed by atoms with Gasteiger partial charge in [-0.3, -0.25) is 4.79 Å². The molecule has 1 aliphatic carbocycles. The average molecular weight is 623 g/mol. The molecule has 1 atom stereocenters. The summed E-state index contributed by atoms with van der Waals surface area (Å²) < 4.78 is 0. The van der Waals surface area contributed by atoms with Crippen LogP contribution in [-0.4, -0.2) is 23.2 Å². The van der Waals surface area contributed by atoms with Crippen molar-refractivity contribution in [3.63, 3.8) is 0 Å². The number of hydrogen-bond acceptors (Lipinski definition) is 2. The molecule has 37 heavy (non-hydrogen) atoms. The van der Waals surface area contributed by atoms with E-state index in [-0.39, 0.29) is 35.2 Å². The third-order valence-electron chi connectivity index (χ3n) is 7.30. The van der Waals surface area contributed by atoms with Gasteiger partial charge in [0.2, 0.25) is 0 Å². The van der Waals surface area contributed by atoms with Crippen LogP contribution in [0.3, 0.4) is 0 Å². The van der Waals surface area contributed by atoms with E-state index in [9.17, 15) is 9.90 Å². The molecule has 0 saturated heterocycles. The highest BCUT2D eigenvalue weighted by atomic mass is 127. The number of aliphatic hydroxyl groups is 1. The molecule has 0 amide bonds. The molecule has 0 spiro atoms. The van der Waals surface area contributed by atoms with E-state index in [0.717, 1.165) is 17.3 Å². The van der Waals surface area contributed by atoms with Crippen LogP contribution in [0, 0.1) is 5.41 Å². The predicted molar refractivity (Wildman–Crippen MR) is 155 cm³/mol. The van der Waals surface area contributed by atoms with Crippen LogP contribution in [0.2, 0.25) is 0 Å². The maximum atomic E-state index is 12.4. The monoisotopic (exact) mass is 622 g/mol. The molecule has 0 aromatic heterocycles. The number of carbonyl (C=O) groups is 1. The molecule has 192 valence electrons. The first-order valence-electron chi connectivity index (χ1n) is 12.6. The van der Waals surface area contributed by atoms with Gasteiger partial charge in [0.25, 0.3) is 0 Å². The Morgan fingerprint density at radius 3 is 1.76 bits per heavy atom. The highest BCUT2D eigenvalue weighted by molar-refractivity contribution is 7.95. The number of hydrogen-bond donors (Lipinski definition) is 1. The van der Waals surface area contributed by atoms with Crippen LogP contribution >= 0.6 is 7.26 Å². The number of allylic oxidation sites excluding steroid dienone is 5. The van der Waals surface area contributed by atoms with E-state index in [4.69, 9.17) is 0 Å². The van der Waals surface area contributed by atoms with Crippen molar-refractivity contribution < 1.29 is 33.9 Å². The molecule has 4 rings (SSSR count). The summed E-state index contributed by atoms with van der Waals surface area (Å²) in [6.45, 7) is 8.17. The number of benzene rings is 3. The highest BCUT2D eigenvalue weighted by Crippen LogP contribution is 2.55. The first-order valence-corrected chi connectivity index (χ1v) is 14.6. The number of halogens is 1. The molecule has 1 aliphatic rings. The van der Waals surface area contributed by atoms with E-state index >= 15 is 0 Å². The van der Waals surface area contributed by atoms with Gasteiger partial charge in [-0.05, 0) is 79.3 Å². The smallest absolute Gasteiger partial charge is 0.187 e. The molecule has 4 heteroatoms. The Morgan fingerprint density at radius 2 is 1.32 bits per heavy atom. The van der Waals surface area contributed by atoms with Crippen molar-refractivity contribution in [1.82, 2.24) is 0 Å². The normalized spacial score (nSPS) is 18.1. The Balaban J connectivity index is 0.00000380. The van der Waals surface area contributed by atoms with E-state index in [1.54, 1.807) is 0 Å². The van der Waals surface area contributed by atoms with Crippen LogP contribution < -0.4 is 39.9 Å². The van der Waals surface area contributed by atoms with Gasteiger partial charge in [-0.25, -0.2) is 0 Å². The van der Waals surface area contributed by atoms with Gasteiger partial charge in [-0.1, -0.05) is 86.2 Å². The second-order valence-electron chi connectivity index (χ2n) is 10.3. The Bertz CT molecular complexity index is 1200. The summed E-state index contributed by atoms with van der Waals surface area (Å²) in [6.07, 6.45) is 7.01. The van der Waals surface area contributed by atoms with Crippen molar-refractivity contribution in [3.05, 3.63) is 126 Å². The largest absolute Gasteiger partial charge is 1.00 e. The minimum absolute atomic E-state index is 0.